The van der Waals surface area contributed by atoms with Gasteiger partial charge >= 0.3 is 29.8 Å². The van der Waals surface area contributed by atoms with Gasteiger partial charge in [-0.05, 0) is 26.3 Å². The number of rotatable bonds is 25. The van der Waals surface area contributed by atoms with E-state index in [4.69, 9.17) is 15.3 Å². The predicted molar refractivity (Wildman–Crippen MR) is 140 cm³/mol. The van der Waals surface area contributed by atoms with Crippen LogP contribution in [0.2, 0.25) is 0 Å². The van der Waals surface area contributed by atoms with E-state index >= 15 is 0 Å². The molecule has 0 rings (SSSR count). The van der Waals surface area contributed by atoms with Gasteiger partial charge in [-0.2, -0.15) is 0 Å². The van der Waals surface area contributed by atoms with Crippen molar-refractivity contribution in [2.45, 2.75) is 25.3 Å². The third-order valence-corrected chi connectivity index (χ3v) is 5.59. The molecule has 41 heavy (non-hydrogen) atoms. The third-order valence-electron chi connectivity index (χ3n) is 5.59. The van der Waals surface area contributed by atoms with E-state index in [9.17, 15) is 43.8 Å². The number of hydrogen-bond donors (Lipinski definition) is 8. The molecular formula is C23H40N6O12. The van der Waals surface area contributed by atoms with Crippen molar-refractivity contribution in [2.75, 3.05) is 79.0 Å². The lowest BCUT2D eigenvalue weighted by molar-refractivity contribution is -0.143. The zero-order chi connectivity index (χ0) is 31.4. The fourth-order valence-corrected chi connectivity index (χ4v) is 3.68. The average Bonchev–Trinajstić information content (AvgIpc) is 2.84. The topological polar surface area (TPSA) is 266 Å². The SMILES string of the molecule is CNC(CCCCNC(=O)CN(CCN(CCN(CC(=O)O)CC(=O)O)CC(=O)O)CC(=O)O)C(=O)NCC(=O)O. The summed E-state index contributed by atoms with van der Waals surface area (Å²) in [6.07, 6.45) is 1.40. The standard InChI is InChI=1S/C23H40N6O12/c1-24-16(23(41)26-10-18(31)32)4-2-3-5-25-17(30)11-28(13-20(35)36)8-6-27(12-19(33)34)7-9-29(14-21(37)38)15-22(39)40/h16,24H,2-15H2,1H3,(H,25,30)(H,26,41)(H,31,32)(H,33,34)(H,35,36)(H,37,38)(H,39,40). The molecule has 0 aromatic rings. The Balaban J connectivity index is 4.81. The molecule has 2 amide bonds. The van der Waals surface area contributed by atoms with Gasteiger partial charge in [0.1, 0.15) is 6.54 Å². The molecule has 0 aliphatic rings. The van der Waals surface area contributed by atoms with Crippen molar-refractivity contribution in [2.24, 2.45) is 0 Å². The second kappa shape index (κ2) is 21.0. The lowest BCUT2D eigenvalue weighted by Crippen LogP contribution is -2.46. The normalized spacial score (nSPS) is 11.8. The van der Waals surface area contributed by atoms with Crippen LogP contribution in [0.25, 0.3) is 0 Å². The van der Waals surface area contributed by atoms with Crippen LogP contribution in [-0.2, 0) is 33.6 Å². The van der Waals surface area contributed by atoms with Crippen LogP contribution in [0.5, 0.6) is 0 Å². The highest BCUT2D eigenvalue weighted by molar-refractivity contribution is 5.85. The molecule has 0 fully saturated rings. The number of hydrogen-bond acceptors (Lipinski definition) is 11. The number of amides is 2. The zero-order valence-electron chi connectivity index (χ0n) is 22.9. The molecule has 1 unspecified atom stereocenters. The molecule has 0 aromatic carbocycles. The monoisotopic (exact) mass is 592 g/mol. The first-order valence-electron chi connectivity index (χ1n) is 12.7. The fraction of sp³-hybridized carbons (Fsp3) is 0.696. The molecule has 0 radical (unpaired) electrons. The van der Waals surface area contributed by atoms with Crippen molar-refractivity contribution in [3.8, 4) is 0 Å². The number of nitrogens with one attached hydrogen (secondary N) is 3. The molecule has 8 N–H and O–H groups in total. The fourth-order valence-electron chi connectivity index (χ4n) is 3.68. The summed E-state index contributed by atoms with van der Waals surface area (Å²) in [7, 11) is 1.56. The Morgan fingerprint density at radius 1 is 0.585 bits per heavy atom. The summed E-state index contributed by atoms with van der Waals surface area (Å²) in [6, 6.07) is -0.606. The van der Waals surface area contributed by atoms with Crippen molar-refractivity contribution >= 4 is 41.7 Å². The van der Waals surface area contributed by atoms with Gasteiger partial charge in [-0.25, -0.2) is 0 Å². The number of carboxylic acids is 5. The highest BCUT2D eigenvalue weighted by Gasteiger charge is 2.20. The first kappa shape index (κ1) is 37.1. The lowest BCUT2D eigenvalue weighted by Gasteiger charge is -2.27. The van der Waals surface area contributed by atoms with Crippen molar-refractivity contribution in [1.82, 2.24) is 30.7 Å². The van der Waals surface area contributed by atoms with Gasteiger partial charge in [-0.1, -0.05) is 0 Å². The second-order valence-electron chi connectivity index (χ2n) is 9.07. The van der Waals surface area contributed by atoms with Gasteiger partial charge < -0.3 is 41.5 Å². The Kier molecular flexibility index (Phi) is 19.0. The Bertz CT molecular complexity index is 886. The summed E-state index contributed by atoms with van der Waals surface area (Å²) in [5.41, 5.74) is 0. The molecule has 234 valence electrons. The van der Waals surface area contributed by atoms with Crippen LogP contribution in [-0.4, -0.2) is 167 Å². The van der Waals surface area contributed by atoms with Crippen LogP contribution in [0.4, 0.5) is 0 Å². The number of unbranched alkanes of at least 4 members (excludes halogenated alkanes) is 1. The van der Waals surface area contributed by atoms with E-state index in [0.717, 1.165) is 4.90 Å². The van der Waals surface area contributed by atoms with E-state index in [1.807, 2.05) is 0 Å². The zero-order valence-corrected chi connectivity index (χ0v) is 22.9. The molecule has 18 nitrogen and oxygen atoms in total. The molecule has 0 spiro atoms. The summed E-state index contributed by atoms with van der Waals surface area (Å²) < 4.78 is 0. The first-order valence-corrected chi connectivity index (χ1v) is 12.7. The molecule has 1 atom stereocenters. The van der Waals surface area contributed by atoms with E-state index < -0.39 is 80.4 Å². The molecule has 0 aliphatic carbocycles. The Hall–Kier alpha value is -3.87. The molecule has 0 saturated heterocycles. The van der Waals surface area contributed by atoms with Crippen LogP contribution >= 0.6 is 0 Å². The van der Waals surface area contributed by atoms with E-state index in [0.29, 0.717) is 19.3 Å². The second-order valence-corrected chi connectivity index (χ2v) is 9.07. The Labute approximate surface area is 236 Å². The predicted octanol–water partition coefficient (Wildman–Crippen LogP) is -3.69. The largest absolute Gasteiger partial charge is 0.480 e. The summed E-state index contributed by atoms with van der Waals surface area (Å²) in [5, 5.41) is 52.7. The van der Waals surface area contributed by atoms with Crippen LogP contribution in [0, 0.1) is 0 Å². The Morgan fingerprint density at radius 3 is 1.46 bits per heavy atom. The minimum atomic E-state index is -1.25. The van der Waals surface area contributed by atoms with E-state index in [-0.39, 0.29) is 39.3 Å². The van der Waals surface area contributed by atoms with E-state index in [2.05, 4.69) is 16.0 Å². The highest BCUT2D eigenvalue weighted by atomic mass is 16.4. The quantitative estimate of drug-likeness (QED) is 0.0474. The highest BCUT2D eigenvalue weighted by Crippen LogP contribution is 2.01. The van der Waals surface area contributed by atoms with Crippen molar-refractivity contribution in [1.29, 1.82) is 0 Å². The third kappa shape index (κ3) is 20.7. The maximum atomic E-state index is 12.4. The molecule has 0 aromatic heterocycles. The summed E-state index contributed by atoms with van der Waals surface area (Å²) in [5.74, 6) is -7.02. The molecule has 0 heterocycles. The summed E-state index contributed by atoms with van der Waals surface area (Å²) >= 11 is 0. The number of carbonyl (C=O) groups excluding carboxylic acids is 2. The summed E-state index contributed by atoms with van der Waals surface area (Å²) in [6.45, 7) is -2.74. The smallest absolute Gasteiger partial charge is 0.322 e. The maximum absolute atomic E-state index is 12.4. The van der Waals surface area contributed by atoms with Crippen molar-refractivity contribution in [3.05, 3.63) is 0 Å². The van der Waals surface area contributed by atoms with Gasteiger partial charge in [0.05, 0.1) is 38.8 Å². The van der Waals surface area contributed by atoms with Gasteiger partial charge in [0.25, 0.3) is 0 Å². The van der Waals surface area contributed by atoms with Gasteiger partial charge in [0.2, 0.25) is 11.8 Å². The molecule has 0 aliphatic heterocycles. The van der Waals surface area contributed by atoms with Gasteiger partial charge in [0.15, 0.2) is 0 Å². The first-order chi connectivity index (χ1) is 19.2. The number of carboxylic acid groups (broad SMARTS) is 5. The van der Waals surface area contributed by atoms with Crippen LogP contribution in [0.15, 0.2) is 0 Å². The number of nitrogens with zero attached hydrogens (tertiary/aromatic N) is 3. The minimum absolute atomic E-state index is 0.0101. The minimum Gasteiger partial charge on any atom is -0.480 e. The van der Waals surface area contributed by atoms with Crippen molar-refractivity contribution in [3.63, 3.8) is 0 Å². The van der Waals surface area contributed by atoms with Gasteiger partial charge in [0, 0.05) is 32.7 Å². The molecule has 0 saturated carbocycles. The van der Waals surface area contributed by atoms with Crippen molar-refractivity contribution < 1.29 is 59.1 Å². The molecule has 18 heteroatoms. The number of carbonyl (C=O) groups is 7. The average molecular weight is 593 g/mol. The number of aliphatic carboxylic acids is 5. The lowest BCUT2D eigenvalue weighted by atomic mass is 10.1. The van der Waals surface area contributed by atoms with Crippen LogP contribution in [0.3, 0.4) is 0 Å². The van der Waals surface area contributed by atoms with E-state index in [1.54, 1.807) is 7.05 Å². The van der Waals surface area contributed by atoms with E-state index in [1.165, 1.54) is 9.80 Å². The number of likely N-dealkylation sites (N-methyl/N-ethyl adjacent to an activating group) is 1. The summed E-state index contributed by atoms with van der Waals surface area (Å²) in [4.78, 5) is 83.2. The van der Waals surface area contributed by atoms with Gasteiger partial charge in [-0.15, -0.1) is 0 Å². The maximum Gasteiger partial charge on any atom is 0.322 e. The molecule has 0 bridgehead atoms. The van der Waals surface area contributed by atoms with Crippen LogP contribution in [0.1, 0.15) is 19.3 Å². The molecular weight excluding hydrogens is 552 g/mol. The van der Waals surface area contributed by atoms with Crippen LogP contribution < -0.4 is 16.0 Å². The van der Waals surface area contributed by atoms with Gasteiger partial charge in [-0.3, -0.25) is 48.3 Å². The Morgan fingerprint density at radius 2 is 1.02 bits per heavy atom.